The SMILES string of the molecule is COc1ccc2cc3n(c2c1)C[C@](C)(C(=O)NC1CCCCCCC1)N(c1ccccc1C)C3=O. The number of hydrogen-bond donors (Lipinski definition) is 1. The highest BCUT2D eigenvalue weighted by molar-refractivity contribution is 6.14. The summed E-state index contributed by atoms with van der Waals surface area (Å²) in [6.45, 7) is 4.27. The molecule has 6 nitrogen and oxygen atoms in total. The highest BCUT2D eigenvalue weighted by atomic mass is 16.5. The summed E-state index contributed by atoms with van der Waals surface area (Å²) in [4.78, 5) is 29.9. The fourth-order valence-corrected chi connectivity index (χ4v) is 5.73. The molecule has 0 radical (unpaired) electrons. The van der Waals surface area contributed by atoms with Crippen LogP contribution in [0.25, 0.3) is 10.9 Å². The van der Waals surface area contributed by atoms with Crippen molar-refractivity contribution in [2.45, 2.75) is 76.9 Å². The van der Waals surface area contributed by atoms with Crippen molar-refractivity contribution in [1.29, 1.82) is 0 Å². The normalized spacial score (nSPS) is 21.3. The Labute approximate surface area is 207 Å². The number of aryl methyl sites for hydroxylation is 1. The van der Waals surface area contributed by atoms with E-state index in [2.05, 4.69) is 5.32 Å². The van der Waals surface area contributed by atoms with Crippen LogP contribution in [0.15, 0.2) is 48.5 Å². The van der Waals surface area contributed by atoms with Crippen molar-refractivity contribution in [3.63, 3.8) is 0 Å². The number of amides is 2. The average molecular weight is 474 g/mol. The van der Waals surface area contributed by atoms with Gasteiger partial charge in [-0.2, -0.15) is 0 Å². The van der Waals surface area contributed by atoms with E-state index in [9.17, 15) is 9.59 Å². The van der Waals surface area contributed by atoms with Crippen LogP contribution in [0.4, 0.5) is 5.69 Å². The van der Waals surface area contributed by atoms with Crippen molar-refractivity contribution in [3.8, 4) is 5.75 Å². The van der Waals surface area contributed by atoms with Gasteiger partial charge in [-0.1, -0.05) is 50.3 Å². The zero-order valence-electron chi connectivity index (χ0n) is 21.0. The number of benzene rings is 2. The molecule has 1 N–H and O–H groups in total. The van der Waals surface area contributed by atoms with Gasteiger partial charge in [0, 0.05) is 23.2 Å². The number of hydrogen-bond acceptors (Lipinski definition) is 3. The highest BCUT2D eigenvalue weighted by Gasteiger charge is 2.49. The fraction of sp³-hybridized carbons (Fsp3) is 0.448. The molecule has 1 atom stereocenters. The molecule has 1 fully saturated rings. The Balaban J connectivity index is 1.59. The van der Waals surface area contributed by atoms with E-state index in [1.54, 1.807) is 12.0 Å². The summed E-state index contributed by atoms with van der Waals surface area (Å²) in [7, 11) is 1.64. The first-order chi connectivity index (χ1) is 16.9. The lowest BCUT2D eigenvalue weighted by Crippen LogP contribution is -2.65. The van der Waals surface area contributed by atoms with Crippen molar-refractivity contribution in [1.82, 2.24) is 9.88 Å². The Morgan fingerprint density at radius 2 is 1.74 bits per heavy atom. The average Bonchev–Trinajstić information content (AvgIpc) is 3.19. The molecule has 1 saturated carbocycles. The van der Waals surface area contributed by atoms with Gasteiger partial charge in [-0.15, -0.1) is 0 Å². The Morgan fingerprint density at radius 3 is 2.46 bits per heavy atom. The first-order valence-electron chi connectivity index (χ1n) is 12.8. The second-order valence-corrected chi connectivity index (χ2v) is 10.3. The molecule has 3 aromatic rings. The van der Waals surface area contributed by atoms with Gasteiger partial charge in [0.2, 0.25) is 5.91 Å². The summed E-state index contributed by atoms with van der Waals surface area (Å²) in [6.07, 6.45) is 7.98. The van der Waals surface area contributed by atoms with Gasteiger partial charge < -0.3 is 14.6 Å². The summed E-state index contributed by atoms with van der Waals surface area (Å²) in [5.74, 6) is 0.485. The number of para-hydroxylation sites is 1. The standard InChI is InChI=1S/C29H35N3O3/c1-20-11-9-10-14-24(20)32-27(33)26-17-21-15-16-23(35-3)18-25(21)31(26)19-29(32,2)28(34)30-22-12-7-5-4-6-8-13-22/h9-11,14-18,22H,4-8,12-13,19H2,1-3H3,(H,30,34)/t29-/m1/s1. The van der Waals surface area contributed by atoms with Crippen molar-refractivity contribution in [2.24, 2.45) is 0 Å². The number of methoxy groups -OCH3 is 1. The van der Waals surface area contributed by atoms with E-state index < -0.39 is 5.54 Å². The summed E-state index contributed by atoms with van der Waals surface area (Å²) < 4.78 is 7.44. The van der Waals surface area contributed by atoms with Gasteiger partial charge >= 0.3 is 0 Å². The van der Waals surface area contributed by atoms with E-state index in [0.717, 1.165) is 53.6 Å². The van der Waals surface area contributed by atoms with Gasteiger partial charge in [-0.3, -0.25) is 14.5 Å². The fourth-order valence-electron chi connectivity index (χ4n) is 5.73. The van der Waals surface area contributed by atoms with Crippen molar-refractivity contribution >= 4 is 28.4 Å². The predicted molar refractivity (Wildman–Crippen MR) is 139 cm³/mol. The first-order valence-corrected chi connectivity index (χ1v) is 12.8. The zero-order valence-corrected chi connectivity index (χ0v) is 21.0. The van der Waals surface area contributed by atoms with E-state index in [-0.39, 0.29) is 17.9 Å². The molecular weight excluding hydrogens is 438 g/mol. The lowest BCUT2D eigenvalue weighted by Gasteiger charge is -2.45. The lowest BCUT2D eigenvalue weighted by molar-refractivity contribution is -0.127. The summed E-state index contributed by atoms with van der Waals surface area (Å²) in [6, 6.07) is 15.7. The molecule has 1 aromatic heterocycles. The summed E-state index contributed by atoms with van der Waals surface area (Å²) in [5.41, 5.74) is 2.17. The van der Waals surface area contributed by atoms with E-state index in [4.69, 9.17) is 4.74 Å². The Bertz CT molecular complexity index is 1260. The molecule has 0 saturated heterocycles. The molecule has 2 heterocycles. The molecule has 2 aromatic carbocycles. The number of anilines is 1. The van der Waals surface area contributed by atoms with E-state index in [0.29, 0.717) is 12.2 Å². The third-order valence-corrected chi connectivity index (χ3v) is 7.78. The predicted octanol–water partition coefficient (Wildman–Crippen LogP) is 5.61. The lowest BCUT2D eigenvalue weighted by atomic mass is 9.91. The second-order valence-electron chi connectivity index (χ2n) is 10.3. The topological polar surface area (TPSA) is 63.6 Å². The Morgan fingerprint density at radius 1 is 1.03 bits per heavy atom. The minimum atomic E-state index is -1.08. The van der Waals surface area contributed by atoms with Gasteiger partial charge in [-0.25, -0.2) is 0 Å². The summed E-state index contributed by atoms with van der Waals surface area (Å²) in [5, 5.41) is 4.32. The van der Waals surface area contributed by atoms with Crippen molar-refractivity contribution in [3.05, 3.63) is 59.8 Å². The van der Waals surface area contributed by atoms with Crippen molar-refractivity contribution in [2.75, 3.05) is 12.0 Å². The van der Waals surface area contributed by atoms with Crippen LogP contribution in [0.3, 0.4) is 0 Å². The van der Waals surface area contributed by atoms with Crippen LogP contribution in [0.5, 0.6) is 5.75 Å². The van der Waals surface area contributed by atoms with Gasteiger partial charge in [0.15, 0.2) is 0 Å². The summed E-state index contributed by atoms with van der Waals surface area (Å²) >= 11 is 0. The van der Waals surface area contributed by atoms with Crippen LogP contribution in [-0.2, 0) is 11.3 Å². The smallest absolute Gasteiger partial charge is 0.275 e. The Kier molecular flexibility index (Phi) is 6.30. The quantitative estimate of drug-likeness (QED) is 0.536. The number of ether oxygens (including phenoxy) is 1. The Hall–Kier alpha value is -3.28. The number of fused-ring (bicyclic) bond motifs is 3. The van der Waals surface area contributed by atoms with Crippen LogP contribution in [0.1, 0.15) is 67.9 Å². The molecule has 0 bridgehead atoms. The maximum Gasteiger partial charge on any atom is 0.275 e. The van der Waals surface area contributed by atoms with Gasteiger partial charge in [0.1, 0.15) is 17.0 Å². The van der Waals surface area contributed by atoms with Crippen molar-refractivity contribution < 1.29 is 14.3 Å². The maximum atomic E-state index is 14.1. The van der Waals surface area contributed by atoms with Gasteiger partial charge in [0.05, 0.1) is 19.2 Å². The third kappa shape index (κ3) is 4.19. The second kappa shape index (κ2) is 9.40. The molecule has 0 unspecified atom stereocenters. The van der Waals surface area contributed by atoms with Crippen LogP contribution >= 0.6 is 0 Å². The first kappa shape index (κ1) is 23.5. The minimum absolute atomic E-state index is 0.0879. The number of carbonyl (C=O) groups excluding carboxylic acids is 2. The third-order valence-electron chi connectivity index (χ3n) is 7.78. The molecule has 0 spiro atoms. The molecule has 1 aliphatic carbocycles. The number of nitrogens with one attached hydrogen (secondary N) is 1. The molecule has 184 valence electrons. The zero-order chi connectivity index (χ0) is 24.6. The molecule has 2 aliphatic rings. The van der Waals surface area contributed by atoms with Crippen LogP contribution in [0, 0.1) is 6.92 Å². The molecule has 5 rings (SSSR count). The monoisotopic (exact) mass is 473 g/mol. The molecule has 6 heteroatoms. The largest absolute Gasteiger partial charge is 0.497 e. The van der Waals surface area contributed by atoms with Crippen LogP contribution in [-0.4, -0.2) is 35.1 Å². The number of carbonyl (C=O) groups is 2. The molecule has 35 heavy (non-hydrogen) atoms. The van der Waals surface area contributed by atoms with Crippen LogP contribution < -0.4 is 15.0 Å². The number of rotatable bonds is 4. The van der Waals surface area contributed by atoms with Gasteiger partial charge in [-0.05, 0) is 56.5 Å². The van der Waals surface area contributed by atoms with E-state index in [1.165, 1.54) is 19.3 Å². The van der Waals surface area contributed by atoms with Crippen LogP contribution in [0.2, 0.25) is 0 Å². The number of aromatic nitrogens is 1. The van der Waals surface area contributed by atoms with E-state index in [1.807, 2.05) is 66.9 Å². The van der Waals surface area contributed by atoms with Gasteiger partial charge in [0.25, 0.3) is 5.91 Å². The highest BCUT2D eigenvalue weighted by Crippen LogP contribution is 2.38. The number of nitrogens with zero attached hydrogens (tertiary/aromatic N) is 2. The minimum Gasteiger partial charge on any atom is -0.497 e. The molecular formula is C29H35N3O3. The van der Waals surface area contributed by atoms with E-state index >= 15 is 0 Å². The molecule has 2 amide bonds. The maximum absolute atomic E-state index is 14.1. The molecule has 1 aliphatic heterocycles.